The largest absolute Gasteiger partial charge is 0.477 e. The van der Waals surface area contributed by atoms with Gasteiger partial charge in [-0.1, -0.05) is 20.8 Å². The molecule has 5 rings (SSSR count). The molecule has 3 aliphatic heterocycles. The molecule has 1 aromatic heterocycles. The number of cyclic esters (lactones) is 1. The molecule has 0 unspecified atom stereocenters. The fourth-order valence-corrected chi connectivity index (χ4v) is 11.4. The summed E-state index contributed by atoms with van der Waals surface area (Å²) < 4.78 is 70.6. The summed E-state index contributed by atoms with van der Waals surface area (Å²) in [5, 5.41) is 60.0. The van der Waals surface area contributed by atoms with E-state index in [-0.39, 0.29) is 93.3 Å². The Labute approximate surface area is 457 Å². The molecule has 0 aliphatic carbocycles. The van der Waals surface area contributed by atoms with E-state index in [4.69, 9.17) is 42.6 Å². The highest BCUT2D eigenvalue weighted by Gasteiger charge is 2.54. The number of fused-ring (bicyclic) bond motifs is 1. The number of hydrogen-bond acceptors (Lipinski definition) is 20. The number of carboxylic acid groups (broad SMARTS) is 1. The van der Waals surface area contributed by atoms with Gasteiger partial charge in [0.1, 0.15) is 40.9 Å². The second-order valence-corrected chi connectivity index (χ2v) is 22.7. The number of aromatic nitrogens is 1. The zero-order valence-corrected chi connectivity index (χ0v) is 48.0. The van der Waals surface area contributed by atoms with Crippen LogP contribution in [0.2, 0.25) is 0 Å². The van der Waals surface area contributed by atoms with Crippen LogP contribution in [-0.2, 0) is 52.2 Å². The third-order valence-corrected chi connectivity index (χ3v) is 16.0. The number of ether oxygens (including phenoxy) is 9. The molecule has 3 saturated heterocycles. The molecule has 78 heavy (non-hydrogen) atoms. The average Bonchev–Trinajstić information content (AvgIpc) is 3.37. The predicted octanol–water partition coefficient (Wildman–Crippen LogP) is 3.67. The Bertz CT molecular complexity index is 2360. The minimum absolute atomic E-state index is 0.00191. The molecule has 23 heteroatoms. The molecule has 22 nitrogen and oxygen atoms in total. The van der Waals surface area contributed by atoms with Gasteiger partial charge < -0.3 is 88.3 Å². The topological polar surface area (TPSA) is 287 Å². The zero-order chi connectivity index (χ0) is 58.2. The second-order valence-electron chi connectivity index (χ2n) is 22.7. The summed E-state index contributed by atoms with van der Waals surface area (Å²) in [5.41, 5.74) is -5.66. The number of carbonyl (C=O) groups excluding carboxylic acids is 2. The lowest BCUT2D eigenvalue weighted by atomic mass is 9.77. The summed E-state index contributed by atoms with van der Waals surface area (Å²) in [7, 11) is 7.01. The Kier molecular flexibility index (Phi) is 23.0. The lowest BCUT2D eigenvalue weighted by Gasteiger charge is -2.49. The van der Waals surface area contributed by atoms with E-state index in [0.29, 0.717) is 13.0 Å². The molecule has 2 aromatic rings. The number of nitrogens with one attached hydrogen (secondary N) is 2. The molecule has 3 fully saturated rings. The summed E-state index contributed by atoms with van der Waals surface area (Å²) in [5.74, 6) is -5.68. The van der Waals surface area contributed by atoms with Crippen LogP contribution in [0.5, 0.6) is 0 Å². The lowest BCUT2D eigenvalue weighted by molar-refractivity contribution is -0.318. The molecular formula is C55H89FN4O18. The van der Waals surface area contributed by atoms with Crippen molar-refractivity contribution in [1.82, 2.24) is 14.8 Å². The number of pyridine rings is 1. The van der Waals surface area contributed by atoms with Gasteiger partial charge in [0, 0.05) is 56.2 Å². The number of anilines is 1. The number of benzene rings is 1. The molecule has 1 aromatic carbocycles. The first-order valence-corrected chi connectivity index (χ1v) is 27.2. The van der Waals surface area contributed by atoms with Gasteiger partial charge in [0.25, 0.3) is 0 Å². The molecular weight excluding hydrogens is 1020 g/mol. The van der Waals surface area contributed by atoms with E-state index < -0.39 is 125 Å². The maximum Gasteiger partial charge on any atom is 0.341 e. The number of H-pyrrole nitrogens is 1. The van der Waals surface area contributed by atoms with E-state index >= 15 is 0 Å². The van der Waals surface area contributed by atoms with Gasteiger partial charge in [0.15, 0.2) is 18.7 Å². The van der Waals surface area contributed by atoms with E-state index in [2.05, 4.69) is 10.3 Å². The average molecular weight is 1110 g/mol. The molecule has 4 heterocycles. The number of aliphatic hydroxyl groups is 4. The van der Waals surface area contributed by atoms with E-state index in [1.807, 2.05) is 44.8 Å². The van der Waals surface area contributed by atoms with E-state index in [9.17, 15) is 49.1 Å². The number of nitrogens with zero attached hydrogens (tertiary/aromatic N) is 2. The number of halogens is 1. The minimum Gasteiger partial charge on any atom is -0.477 e. The van der Waals surface area contributed by atoms with Crippen LogP contribution < -0.4 is 10.7 Å². The van der Waals surface area contributed by atoms with Crippen molar-refractivity contribution in [3.8, 4) is 0 Å². The summed E-state index contributed by atoms with van der Waals surface area (Å²) in [6, 6.07) is 1.41. The third-order valence-electron chi connectivity index (χ3n) is 16.0. The molecule has 444 valence electrons. The molecule has 0 bridgehead atoms. The van der Waals surface area contributed by atoms with Gasteiger partial charge in [-0.15, -0.1) is 0 Å². The molecule has 7 N–H and O–H groups in total. The van der Waals surface area contributed by atoms with Crippen LogP contribution in [0.1, 0.15) is 112 Å². The number of esters is 2. The number of likely N-dealkylation sites (N-methyl/N-ethyl adjacent to an activating group) is 2. The second kappa shape index (κ2) is 27.7. The molecule has 0 saturated carbocycles. The Morgan fingerprint density at radius 2 is 1.62 bits per heavy atom. The van der Waals surface area contributed by atoms with Crippen LogP contribution in [0.25, 0.3) is 10.9 Å². The Morgan fingerprint density at radius 1 is 0.949 bits per heavy atom. The standard InChI is InChI=1S/C55H89FN4O18/c1-15-41-55(10,69)47(64)33(6)60(13)28-29(2)25-53(8,68)48(78-52-45(63)40(59(11)12)22-30(3)73-52)31(4)46(32(5)51(67)75-41)77-43-26-54(9,70-14)49(34(7)74-43)76-42(61)16-18-71-20-21-72-19-17-57-39-24-38-35(23-37(39)56)44(62)36(27-58-38)50(65)66/h23-24,27,29-34,40-41,43,45-49,52,57,63-64,68-69H,15-22,25-26,28H2,1-14H3,(H,58,62)(H,65,66)/t29-,30-,31+,32-,33-,34+,40+,41-,43+,45-,46+,47-,48-,49+,52+,53-,54-,55-/m1/s1. The van der Waals surface area contributed by atoms with Crippen molar-refractivity contribution < 1.29 is 86.9 Å². The van der Waals surface area contributed by atoms with E-state index in [0.717, 1.165) is 12.3 Å². The van der Waals surface area contributed by atoms with Gasteiger partial charge in [-0.2, -0.15) is 0 Å². The minimum atomic E-state index is -1.88. The fourth-order valence-electron chi connectivity index (χ4n) is 11.4. The van der Waals surface area contributed by atoms with Gasteiger partial charge in [0.2, 0.25) is 5.43 Å². The smallest absolute Gasteiger partial charge is 0.341 e. The molecule has 0 spiro atoms. The van der Waals surface area contributed by atoms with Crippen LogP contribution >= 0.6 is 0 Å². The monoisotopic (exact) mass is 1110 g/mol. The number of rotatable bonds is 19. The van der Waals surface area contributed by atoms with Gasteiger partial charge in [-0.05, 0) is 107 Å². The summed E-state index contributed by atoms with van der Waals surface area (Å²) in [6.45, 7) is 18.4. The number of carboxylic acids is 1. The van der Waals surface area contributed by atoms with E-state index in [1.165, 1.54) is 20.1 Å². The molecule has 18 atom stereocenters. The number of carbonyl (C=O) groups is 3. The highest BCUT2D eigenvalue weighted by molar-refractivity contribution is 5.93. The van der Waals surface area contributed by atoms with Crippen molar-refractivity contribution in [2.45, 2.75) is 192 Å². The first kappa shape index (κ1) is 64.9. The zero-order valence-electron chi connectivity index (χ0n) is 48.0. The van der Waals surface area contributed by atoms with Crippen LogP contribution in [0, 0.1) is 23.6 Å². The van der Waals surface area contributed by atoms with Gasteiger partial charge in [0.05, 0.1) is 80.0 Å². The normalized spacial score (nSPS) is 36.9. The predicted molar refractivity (Wildman–Crippen MR) is 284 cm³/mol. The van der Waals surface area contributed by atoms with Crippen molar-refractivity contribution in [3.05, 3.63) is 39.9 Å². The van der Waals surface area contributed by atoms with Crippen molar-refractivity contribution in [3.63, 3.8) is 0 Å². The van der Waals surface area contributed by atoms with Gasteiger partial charge in [-0.3, -0.25) is 14.4 Å². The van der Waals surface area contributed by atoms with Crippen LogP contribution in [0.15, 0.2) is 23.1 Å². The number of aliphatic hydroxyl groups excluding tert-OH is 2. The first-order chi connectivity index (χ1) is 36.5. The van der Waals surface area contributed by atoms with Gasteiger partial charge >= 0.3 is 17.9 Å². The molecule has 0 radical (unpaired) electrons. The summed E-state index contributed by atoms with van der Waals surface area (Å²) in [6.07, 6.45) is -8.41. The maximum absolute atomic E-state index is 14.8. The first-order valence-electron chi connectivity index (χ1n) is 27.2. The lowest BCUT2D eigenvalue weighted by Crippen LogP contribution is -2.61. The third kappa shape index (κ3) is 15.7. The number of hydrogen-bond donors (Lipinski definition) is 7. The quantitative estimate of drug-likeness (QED) is 0.0780. The fraction of sp³-hybridized carbons (Fsp3) is 0.782. The van der Waals surface area contributed by atoms with Crippen molar-refractivity contribution >= 4 is 34.5 Å². The summed E-state index contributed by atoms with van der Waals surface area (Å²) >= 11 is 0. The van der Waals surface area contributed by atoms with Crippen molar-refractivity contribution in [2.24, 2.45) is 17.8 Å². The van der Waals surface area contributed by atoms with Crippen LogP contribution in [0.4, 0.5) is 10.1 Å². The molecule has 3 aliphatic rings. The number of aromatic carboxylic acids is 1. The van der Waals surface area contributed by atoms with E-state index in [1.54, 1.807) is 48.5 Å². The van der Waals surface area contributed by atoms with Crippen LogP contribution in [0.3, 0.4) is 0 Å². The highest BCUT2D eigenvalue weighted by atomic mass is 19.1. The Balaban J connectivity index is 1.27. The molecule has 0 amide bonds. The van der Waals surface area contributed by atoms with Gasteiger partial charge in [-0.25, -0.2) is 9.18 Å². The highest BCUT2D eigenvalue weighted by Crippen LogP contribution is 2.41. The number of methoxy groups -OCH3 is 1. The van der Waals surface area contributed by atoms with Crippen molar-refractivity contribution in [2.75, 3.05) is 73.1 Å². The Hall–Kier alpha value is -3.95. The van der Waals surface area contributed by atoms with Crippen LogP contribution in [-0.4, -0.2) is 216 Å². The number of aromatic amines is 1. The Morgan fingerprint density at radius 3 is 2.24 bits per heavy atom. The SMILES string of the molecule is CC[C@H]1OC(=O)[C@H](C)[C@@H](O[C@H]2C[C@@](C)(OC)[C@@H](OC(=O)CCOCCOCCNc3cc4[nH]cc(C(=O)O)c(=O)c4cc3F)[C@H](C)O2)[C@H](C)[C@@H](O[C@@H]2O[C@H](C)C[C@H](N(C)C)[C@H]2O)[C@](C)(O)C[C@@H](C)CN(C)[C@H](C)[C@@H](O)[C@]1(C)O. The summed E-state index contributed by atoms with van der Waals surface area (Å²) in [4.78, 5) is 58.1. The maximum atomic E-state index is 14.8. The van der Waals surface area contributed by atoms with Crippen molar-refractivity contribution in [1.29, 1.82) is 0 Å².